The standard InChI is InChI=1S/C11H16N2O6S/c1-4-13(7-9(14)15)11(16)8-5-6-10(19-8)20(17,18)12(2)3/h5-6H,4,7H2,1-3H3,(H,14,15). The minimum absolute atomic E-state index is 0.168. The Morgan fingerprint density at radius 1 is 1.30 bits per heavy atom. The molecule has 1 heterocycles. The number of aliphatic carboxylic acids is 1. The van der Waals surface area contributed by atoms with Crippen molar-refractivity contribution in [2.75, 3.05) is 27.2 Å². The van der Waals surface area contributed by atoms with Gasteiger partial charge in [0.1, 0.15) is 6.54 Å². The average molecular weight is 304 g/mol. The Labute approximate surface area is 116 Å². The van der Waals surface area contributed by atoms with Gasteiger partial charge in [-0.2, -0.15) is 0 Å². The molecule has 0 aromatic carbocycles. The number of amides is 1. The molecule has 8 nitrogen and oxygen atoms in total. The number of carboxylic acids is 1. The van der Waals surface area contributed by atoms with E-state index in [2.05, 4.69) is 0 Å². The van der Waals surface area contributed by atoms with Gasteiger partial charge in [0.25, 0.3) is 15.9 Å². The van der Waals surface area contributed by atoms with E-state index < -0.39 is 28.4 Å². The predicted molar refractivity (Wildman–Crippen MR) is 68.8 cm³/mol. The van der Waals surface area contributed by atoms with Gasteiger partial charge in [0.05, 0.1) is 0 Å². The Balaban J connectivity index is 3.02. The maximum Gasteiger partial charge on any atom is 0.323 e. The summed E-state index contributed by atoms with van der Waals surface area (Å²) in [6.07, 6.45) is 0. The van der Waals surface area contributed by atoms with Crippen LogP contribution in [0.4, 0.5) is 0 Å². The lowest BCUT2D eigenvalue weighted by molar-refractivity contribution is -0.137. The summed E-state index contributed by atoms with van der Waals surface area (Å²) in [4.78, 5) is 23.6. The van der Waals surface area contributed by atoms with Crippen molar-refractivity contribution in [3.63, 3.8) is 0 Å². The molecule has 0 aliphatic carbocycles. The van der Waals surface area contributed by atoms with Crippen molar-refractivity contribution in [2.45, 2.75) is 12.0 Å². The molecule has 9 heteroatoms. The maximum atomic E-state index is 12.0. The summed E-state index contributed by atoms with van der Waals surface area (Å²) in [6.45, 7) is 1.30. The molecule has 0 bridgehead atoms. The molecule has 0 fully saturated rings. The fourth-order valence-electron chi connectivity index (χ4n) is 1.40. The van der Waals surface area contributed by atoms with E-state index in [1.165, 1.54) is 20.2 Å². The van der Waals surface area contributed by atoms with Gasteiger partial charge >= 0.3 is 5.97 Å². The Morgan fingerprint density at radius 3 is 2.35 bits per heavy atom. The van der Waals surface area contributed by atoms with E-state index in [0.717, 1.165) is 15.3 Å². The van der Waals surface area contributed by atoms with E-state index in [4.69, 9.17) is 9.52 Å². The molecule has 1 amide bonds. The Morgan fingerprint density at radius 2 is 1.90 bits per heavy atom. The number of rotatable bonds is 6. The van der Waals surface area contributed by atoms with Crippen LogP contribution in [-0.4, -0.2) is 61.8 Å². The van der Waals surface area contributed by atoms with Crippen molar-refractivity contribution in [3.8, 4) is 0 Å². The number of sulfonamides is 1. The van der Waals surface area contributed by atoms with Crippen LogP contribution in [0.2, 0.25) is 0 Å². The number of carboxylic acid groups (broad SMARTS) is 1. The quantitative estimate of drug-likeness (QED) is 0.797. The van der Waals surface area contributed by atoms with Gasteiger partial charge in [-0.3, -0.25) is 9.59 Å². The summed E-state index contributed by atoms with van der Waals surface area (Å²) in [6, 6.07) is 2.38. The van der Waals surface area contributed by atoms with E-state index in [1.54, 1.807) is 6.92 Å². The fourth-order valence-corrected chi connectivity index (χ4v) is 2.19. The zero-order valence-corrected chi connectivity index (χ0v) is 12.2. The van der Waals surface area contributed by atoms with E-state index in [-0.39, 0.29) is 17.4 Å². The van der Waals surface area contributed by atoms with E-state index in [1.807, 2.05) is 0 Å². The minimum Gasteiger partial charge on any atom is -0.480 e. The lowest BCUT2D eigenvalue weighted by atomic mass is 10.3. The van der Waals surface area contributed by atoms with Crippen molar-refractivity contribution in [1.82, 2.24) is 9.21 Å². The third-order valence-electron chi connectivity index (χ3n) is 2.52. The van der Waals surface area contributed by atoms with Crippen molar-refractivity contribution in [1.29, 1.82) is 0 Å². The molecule has 20 heavy (non-hydrogen) atoms. The van der Waals surface area contributed by atoms with Gasteiger partial charge < -0.3 is 14.4 Å². The number of likely N-dealkylation sites (N-methyl/N-ethyl adjacent to an activating group) is 1. The van der Waals surface area contributed by atoms with Gasteiger partial charge in [-0.1, -0.05) is 0 Å². The number of carbonyl (C=O) groups is 2. The molecule has 0 radical (unpaired) electrons. The van der Waals surface area contributed by atoms with Gasteiger partial charge in [0.15, 0.2) is 5.76 Å². The van der Waals surface area contributed by atoms with E-state index in [9.17, 15) is 18.0 Å². The van der Waals surface area contributed by atoms with Crippen molar-refractivity contribution in [2.24, 2.45) is 0 Å². The van der Waals surface area contributed by atoms with Gasteiger partial charge in [0.2, 0.25) is 5.09 Å². The lowest BCUT2D eigenvalue weighted by Gasteiger charge is -2.16. The van der Waals surface area contributed by atoms with E-state index in [0.29, 0.717) is 0 Å². The summed E-state index contributed by atoms with van der Waals surface area (Å²) in [5.41, 5.74) is 0. The Kier molecular flexibility index (Phi) is 4.90. The highest BCUT2D eigenvalue weighted by atomic mass is 32.2. The van der Waals surface area contributed by atoms with Crippen molar-refractivity contribution < 1.29 is 27.5 Å². The van der Waals surface area contributed by atoms with Crippen LogP contribution in [-0.2, 0) is 14.8 Å². The molecule has 0 spiro atoms. The average Bonchev–Trinajstić information content (AvgIpc) is 2.84. The number of nitrogens with zero attached hydrogens (tertiary/aromatic N) is 2. The van der Waals surface area contributed by atoms with Crippen LogP contribution >= 0.6 is 0 Å². The second-order valence-corrected chi connectivity index (χ2v) is 6.20. The Bertz CT molecular complexity index is 604. The molecule has 0 saturated carbocycles. The summed E-state index contributed by atoms with van der Waals surface area (Å²) >= 11 is 0. The van der Waals surface area contributed by atoms with Crippen LogP contribution in [0.5, 0.6) is 0 Å². The predicted octanol–water partition coefficient (Wildman–Crippen LogP) is 0.0766. The molecular weight excluding hydrogens is 288 g/mol. The zero-order valence-electron chi connectivity index (χ0n) is 11.4. The topological polar surface area (TPSA) is 108 Å². The molecule has 0 aliphatic rings. The SMILES string of the molecule is CCN(CC(=O)O)C(=O)c1ccc(S(=O)(=O)N(C)C)o1. The summed E-state index contributed by atoms with van der Waals surface area (Å²) in [5, 5.41) is 8.33. The second-order valence-electron chi connectivity index (χ2n) is 4.12. The first-order valence-corrected chi connectivity index (χ1v) is 7.17. The number of furan rings is 1. The number of carbonyl (C=O) groups excluding carboxylic acids is 1. The Hall–Kier alpha value is -1.87. The normalized spacial score (nSPS) is 11.6. The molecule has 1 aromatic heterocycles. The summed E-state index contributed by atoms with van der Waals surface area (Å²) < 4.78 is 29.6. The molecule has 0 atom stereocenters. The smallest absolute Gasteiger partial charge is 0.323 e. The third kappa shape index (κ3) is 3.36. The third-order valence-corrected chi connectivity index (χ3v) is 4.21. The zero-order chi connectivity index (χ0) is 15.5. The number of hydrogen-bond donors (Lipinski definition) is 1. The second kappa shape index (κ2) is 6.06. The van der Waals surface area contributed by atoms with Crippen LogP contribution in [0.3, 0.4) is 0 Å². The molecule has 0 saturated heterocycles. The van der Waals surface area contributed by atoms with Crippen molar-refractivity contribution >= 4 is 21.9 Å². The molecule has 1 rings (SSSR count). The summed E-state index contributed by atoms with van der Waals surface area (Å²) in [7, 11) is -1.09. The van der Waals surface area contributed by atoms with Gasteiger partial charge in [-0.05, 0) is 19.1 Å². The van der Waals surface area contributed by atoms with Crippen LogP contribution in [0.1, 0.15) is 17.5 Å². The molecule has 112 valence electrons. The highest BCUT2D eigenvalue weighted by Crippen LogP contribution is 2.18. The maximum absolute atomic E-state index is 12.0. The first-order valence-electron chi connectivity index (χ1n) is 5.73. The summed E-state index contributed by atoms with van der Waals surface area (Å²) in [5.74, 6) is -2.04. The highest BCUT2D eigenvalue weighted by Gasteiger charge is 2.25. The van der Waals surface area contributed by atoms with Gasteiger partial charge in [-0.25, -0.2) is 12.7 Å². The minimum atomic E-state index is -3.77. The molecule has 1 N–H and O–H groups in total. The first kappa shape index (κ1) is 16.2. The van der Waals surface area contributed by atoms with E-state index >= 15 is 0 Å². The van der Waals surface area contributed by atoms with Crippen LogP contribution in [0, 0.1) is 0 Å². The number of hydrogen-bond acceptors (Lipinski definition) is 5. The molecule has 0 aliphatic heterocycles. The van der Waals surface area contributed by atoms with Gasteiger partial charge in [0, 0.05) is 20.6 Å². The van der Waals surface area contributed by atoms with Crippen LogP contribution in [0.15, 0.2) is 21.6 Å². The molecule has 0 unspecified atom stereocenters. The molecular formula is C11H16N2O6S. The largest absolute Gasteiger partial charge is 0.480 e. The fraction of sp³-hybridized carbons (Fsp3) is 0.455. The van der Waals surface area contributed by atoms with Crippen LogP contribution in [0.25, 0.3) is 0 Å². The molecule has 1 aromatic rings. The van der Waals surface area contributed by atoms with Crippen LogP contribution < -0.4 is 0 Å². The highest BCUT2D eigenvalue weighted by molar-refractivity contribution is 7.88. The lowest BCUT2D eigenvalue weighted by Crippen LogP contribution is -2.35. The van der Waals surface area contributed by atoms with Gasteiger partial charge in [-0.15, -0.1) is 0 Å². The van der Waals surface area contributed by atoms with Crippen molar-refractivity contribution in [3.05, 3.63) is 17.9 Å². The monoisotopic (exact) mass is 304 g/mol. The first-order chi connectivity index (χ1) is 9.20.